The first-order valence-electron chi connectivity index (χ1n) is 6.51. The number of hydrogen-bond donors (Lipinski definition) is 2. The highest BCUT2D eigenvalue weighted by Crippen LogP contribution is 2.40. The van der Waals surface area contributed by atoms with Crippen molar-refractivity contribution in [2.24, 2.45) is 5.41 Å². The van der Waals surface area contributed by atoms with Crippen LogP contribution in [0.4, 0.5) is 0 Å². The Balaban J connectivity index is 2.22. The summed E-state index contributed by atoms with van der Waals surface area (Å²) in [4.78, 5) is 29.3. The van der Waals surface area contributed by atoms with E-state index in [-0.39, 0.29) is 6.61 Å². The van der Waals surface area contributed by atoms with E-state index in [1.807, 2.05) is 0 Å². The van der Waals surface area contributed by atoms with Crippen molar-refractivity contribution in [2.75, 3.05) is 6.61 Å². The SMILES string of the molecule is CCOC(=O)C1(C(=O)On2c(O)ccc2O)CCCC1. The molecule has 0 amide bonds. The first-order chi connectivity index (χ1) is 9.51. The molecular formula is C13H17NO6. The van der Waals surface area contributed by atoms with E-state index >= 15 is 0 Å². The lowest BCUT2D eigenvalue weighted by Crippen LogP contribution is -2.43. The van der Waals surface area contributed by atoms with Gasteiger partial charge in [0.2, 0.25) is 11.8 Å². The van der Waals surface area contributed by atoms with Crippen LogP contribution in [-0.2, 0) is 14.3 Å². The van der Waals surface area contributed by atoms with Crippen LogP contribution in [0.2, 0.25) is 0 Å². The van der Waals surface area contributed by atoms with Gasteiger partial charge in [-0.15, -0.1) is 4.73 Å². The lowest BCUT2D eigenvalue weighted by atomic mass is 9.86. The van der Waals surface area contributed by atoms with Gasteiger partial charge >= 0.3 is 11.9 Å². The van der Waals surface area contributed by atoms with Gasteiger partial charge in [-0.3, -0.25) is 4.79 Å². The molecule has 7 nitrogen and oxygen atoms in total. The molecule has 0 atom stereocenters. The summed E-state index contributed by atoms with van der Waals surface area (Å²) in [6.45, 7) is 1.84. The predicted molar refractivity (Wildman–Crippen MR) is 66.9 cm³/mol. The summed E-state index contributed by atoms with van der Waals surface area (Å²) in [7, 11) is 0. The maximum atomic E-state index is 12.3. The molecule has 1 aliphatic rings. The second-order valence-corrected chi connectivity index (χ2v) is 4.73. The predicted octanol–water partition coefficient (Wildman–Crippen LogP) is 0.978. The largest absolute Gasteiger partial charge is 0.492 e. The minimum atomic E-state index is -1.35. The van der Waals surface area contributed by atoms with Gasteiger partial charge in [0.25, 0.3) is 0 Å². The number of aromatic hydroxyl groups is 2. The van der Waals surface area contributed by atoms with E-state index < -0.39 is 29.1 Å². The third-order valence-corrected chi connectivity index (χ3v) is 3.49. The summed E-state index contributed by atoms with van der Waals surface area (Å²) in [6.07, 6.45) is 2.12. The molecule has 0 bridgehead atoms. The number of hydrogen-bond acceptors (Lipinski definition) is 6. The Kier molecular flexibility index (Phi) is 3.87. The molecule has 1 fully saturated rings. The zero-order valence-electron chi connectivity index (χ0n) is 11.2. The average Bonchev–Trinajstić information content (AvgIpc) is 3.02. The Bertz CT molecular complexity index is 495. The molecule has 1 aromatic rings. The molecule has 2 rings (SSSR count). The van der Waals surface area contributed by atoms with Crippen molar-refractivity contribution in [3.05, 3.63) is 12.1 Å². The van der Waals surface area contributed by atoms with Crippen LogP contribution in [0, 0.1) is 5.41 Å². The molecule has 20 heavy (non-hydrogen) atoms. The van der Waals surface area contributed by atoms with E-state index in [2.05, 4.69) is 0 Å². The van der Waals surface area contributed by atoms with Crippen LogP contribution in [0.15, 0.2) is 12.1 Å². The Morgan fingerprint density at radius 3 is 2.25 bits per heavy atom. The van der Waals surface area contributed by atoms with Gasteiger partial charge in [0.1, 0.15) is 0 Å². The van der Waals surface area contributed by atoms with Gasteiger partial charge in [0, 0.05) is 12.1 Å². The first kappa shape index (κ1) is 14.2. The average molecular weight is 283 g/mol. The van der Waals surface area contributed by atoms with Crippen molar-refractivity contribution in [2.45, 2.75) is 32.6 Å². The fourth-order valence-electron chi connectivity index (χ4n) is 2.41. The van der Waals surface area contributed by atoms with Gasteiger partial charge in [-0.05, 0) is 19.8 Å². The lowest BCUT2D eigenvalue weighted by molar-refractivity contribution is -0.172. The third kappa shape index (κ3) is 2.31. The smallest absolute Gasteiger partial charge is 0.350 e. The molecule has 0 spiro atoms. The molecule has 1 saturated carbocycles. The van der Waals surface area contributed by atoms with Crippen LogP contribution in [0.1, 0.15) is 32.6 Å². The number of carbonyl (C=O) groups is 2. The number of nitrogens with zero attached hydrogens (tertiary/aromatic N) is 1. The Labute approximate surface area is 115 Å². The summed E-state index contributed by atoms with van der Waals surface area (Å²) in [5.74, 6) is -2.29. The summed E-state index contributed by atoms with van der Waals surface area (Å²) in [6, 6.07) is 2.35. The van der Waals surface area contributed by atoms with E-state index in [0.717, 1.165) is 12.8 Å². The van der Waals surface area contributed by atoms with Crippen LogP contribution < -0.4 is 4.84 Å². The molecule has 0 aromatic carbocycles. The molecule has 1 aliphatic carbocycles. The number of ether oxygens (including phenoxy) is 1. The fraction of sp³-hybridized carbons (Fsp3) is 0.538. The van der Waals surface area contributed by atoms with Crippen molar-refractivity contribution in [3.63, 3.8) is 0 Å². The van der Waals surface area contributed by atoms with Crippen LogP contribution >= 0.6 is 0 Å². The summed E-state index contributed by atoms with van der Waals surface area (Å²) in [5.41, 5.74) is -1.35. The van der Waals surface area contributed by atoms with E-state index in [1.54, 1.807) is 6.92 Å². The van der Waals surface area contributed by atoms with Crippen molar-refractivity contribution in [1.29, 1.82) is 0 Å². The second-order valence-electron chi connectivity index (χ2n) is 4.73. The Hall–Kier alpha value is -2.18. The molecule has 1 aromatic heterocycles. The van der Waals surface area contributed by atoms with Gasteiger partial charge in [-0.25, -0.2) is 4.79 Å². The zero-order valence-corrected chi connectivity index (χ0v) is 11.2. The van der Waals surface area contributed by atoms with Crippen LogP contribution in [0.25, 0.3) is 0 Å². The van der Waals surface area contributed by atoms with E-state index in [4.69, 9.17) is 9.57 Å². The molecule has 110 valence electrons. The van der Waals surface area contributed by atoms with E-state index in [0.29, 0.717) is 17.6 Å². The Morgan fingerprint density at radius 2 is 1.75 bits per heavy atom. The Morgan fingerprint density at radius 1 is 1.20 bits per heavy atom. The molecular weight excluding hydrogens is 266 g/mol. The monoisotopic (exact) mass is 283 g/mol. The normalized spacial score (nSPS) is 16.9. The third-order valence-electron chi connectivity index (χ3n) is 3.49. The van der Waals surface area contributed by atoms with Crippen LogP contribution in [0.3, 0.4) is 0 Å². The van der Waals surface area contributed by atoms with E-state index in [9.17, 15) is 19.8 Å². The van der Waals surface area contributed by atoms with Gasteiger partial charge in [-0.2, -0.15) is 0 Å². The fourth-order valence-corrected chi connectivity index (χ4v) is 2.41. The van der Waals surface area contributed by atoms with Gasteiger partial charge in [0.05, 0.1) is 6.61 Å². The quantitative estimate of drug-likeness (QED) is 0.631. The second kappa shape index (κ2) is 5.44. The van der Waals surface area contributed by atoms with Crippen LogP contribution in [0.5, 0.6) is 11.8 Å². The lowest BCUT2D eigenvalue weighted by Gasteiger charge is -2.23. The van der Waals surface area contributed by atoms with Gasteiger partial charge < -0.3 is 19.8 Å². The zero-order chi connectivity index (χ0) is 14.8. The van der Waals surface area contributed by atoms with Gasteiger partial charge in [0.15, 0.2) is 5.41 Å². The highest BCUT2D eigenvalue weighted by molar-refractivity contribution is 6.00. The summed E-state index contributed by atoms with van der Waals surface area (Å²) in [5, 5.41) is 18.9. The molecule has 1 heterocycles. The van der Waals surface area contributed by atoms with Crippen molar-refractivity contribution in [1.82, 2.24) is 4.73 Å². The summed E-state index contributed by atoms with van der Waals surface area (Å²) < 4.78 is 5.54. The van der Waals surface area contributed by atoms with E-state index in [1.165, 1.54) is 12.1 Å². The molecule has 0 unspecified atom stereocenters. The highest BCUT2D eigenvalue weighted by atomic mass is 16.7. The summed E-state index contributed by atoms with van der Waals surface area (Å²) >= 11 is 0. The maximum absolute atomic E-state index is 12.3. The molecule has 0 aliphatic heterocycles. The standard InChI is InChI=1S/C13H17NO6/c1-2-19-11(17)13(7-3-4-8-13)12(18)20-14-9(15)5-6-10(14)16/h5-6,15-16H,2-4,7-8H2,1H3. The number of esters is 1. The number of rotatable bonds is 4. The van der Waals surface area contributed by atoms with Crippen molar-refractivity contribution >= 4 is 11.9 Å². The highest BCUT2D eigenvalue weighted by Gasteiger charge is 2.51. The topological polar surface area (TPSA) is 98.0 Å². The number of aromatic nitrogens is 1. The number of carbonyl (C=O) groups excluding carboxylic acids is 2. The van der Waals surface area contributed by atoms with Crippen LogP contribution in [-0.4, -0.2) is 33.5 Å². The van der Waals surface area contributed by atoms with Gasteiger partial charge in [-0.1, -0.05) is 12.8 Å². The first-order valence-corrected chi connectivity index (χ1v) is 6.51. The molecule has 0 saturated heterocycles. The molecule has 7 heteroatoms. The van der Waals surface area contributed by atoms with Crippen molar-refractivity contribution in [3.8, 4) is 11.8 Å². The minimum absolute atomic E-state index is 0.174. The molecule has 2 N–H and O–H groups in total. The minimum Gasteiger partial charge on any atom is -0.492 e. The van der Waals surface area contributed by atoms with Crippen molar-refractivity contribution < 1.29 is 29.4 Å². The maximum Gasteiger partial charge on any atom is 0.350 e. The molecule has 0 radical (unpaired) electrons.